The molecule has 0 aliphatic heterocycles. The molecule has 128 valence electrons. The van der Waals surface area contributed by atoms with Crippen molar-refractivity contribution in [1.82, 2.24) is 0 Å². The predicted octanol–water partition coefficient (Wildman–Crippen LogP) is 5.91. The van der Waals surface area contributed by atoms with E-state index in [1.165, 1.54) is 37.9 Å². The van der Waals surface area contributed by atoms with Crippen LogP contribution < -0.4 is 5.73 Å². The number of carbonyl (C=O) groups is 1. The molecule has 0 heterocycles. The minimum atomic E-state index is -0.407. The second-order valence-electron chi connectivity index (χ2n) is 6.80. The SMILES string of the molecule is NC(=O)c1ccc(-c2c3ccccc3cc3c2ccc2ccccc23)cc1. The fourth-order valence-electron chi connectivity index (χ4n) is 3.93. The summed E-state index contributed by atoms with van der Waals surface area (Å²) in [5.74, 6) is -0.407. The Kier molecular flexibility index (Phi) is 3.44. The maximum Gasteiger partial charge on any atom is 0.248 e. The molecular weight excluding hydrogens is 330 g/mol. The van der Waals surface area contributed by atoms with Crippen molar-refractivity contribution in [2.24, 2.45) is 5.73 Å². The molecule has 0 radical (unpaired) electrons. The van der Waals surface area contributed by atoms with Gasteiger partial charge in [0, 0.05) is 5.56 Å². The van der Waals surface area contributed by atoms with Gasteiger partial charge in [-0.25, -0.2) is 0 Å². The van der Waals surface area contributed by atoms with E-state index in [0.29, 0.717) is 5.56 Å². The minimum absolute atomic E-state index is 0.407. The summed E-state index contributed by atoms with van der Waals surface area (Å²) < 4.78 is 0. The molecule has 27 heavy (non-hydrogen) atoms. The van der Waals surface area contributed by atoms with Gasteiger partial charge in [-0.05, 0) is 61.6 Å². The highest BCUT2D eigenvalue weighted by atomic mass is 16.1. The maximum atomic E-state index is 11.4. The van der Waals surface area contributed by atoms with Gasteiger partial charge >= 0.3 is 0 Å². The Hall–Kier alpha value is -3.65. The summed E-state index contributed by atoms with van der Waals surface area (Å²) in [6.07, 6.45) is 0. The Balaban J connectivity index is 1.93. The van der Waals surface area contributed by atoms with Crippen molar-refractivity contribution in [3.63, 3.8) is 0 Å². The van der Waals surface area contributed by atoms with E-state index in [1.54, 1.807) is 12.1 Å². The average Bonchev–Trinajstić information content (AvgIpc) is 2.72. The molecule has 5 rings (SSSR count). The first-order chi connectivity index (χ1) is 13.2. The number of carbonyl (C=O) groups excluding carboxylic acids is 1. The van der Waals surface area contributed by atoms with Gasteiger partial charge in [-0.2, -0.15) is 0 Å². The standard InChI is InChI=1S/C25H17NO/c26-25(27)18-11-9-17(10-12-18)24-21-8-4-2-6-19(21)15-23-20-7-3-1-5-16(20)13-14-22(23)24/h1-15H,(H2,26,27). The third-order valence-electron chi connectivity index (χ3n) is 5.23. The normalized spacial score (nSPS) is 11.3. The maximum absolute atomic E-state index is 11.4. The monoisotopic (exact) mass is 347 g/mol. The van der Waals surface area contributed by atoms with E-state index in [1.807, 2.05) is 12.1 Å². The molecule has 0 unspecified atom stereocenters. The summed E-state index contributed by atoms with van der Waals surface area (Å²) in [4.78, 5) is 11.4. The Labute approximate surface area is 156 Å². The van der Waals surface area contributed by atoms with Gasteiger partial charge in [-0.1, -0.05) is 72.8 Å². The minimum Gasteiger partial charge on any atom is -0.366 e. The third kappa shape index (κ3) is 2.46. The Morgan fingerprint density at radius 1 is 0.593 bits per heavy atom. The largest absolute Gasteiger partial charge is 0.366 e. The van der Waals surface area contributed by atoms with Crippen molar-refractivity contribution < 1.29 is 4.79 Å². The third-order valence-corrected chi connectivity index (χ3v) is 5.23. The van der Waals surface area contributed by atoms with Crippen molar-refractivity contribution in [2.75, 3.05) is 0 Å². The van der Waals surface area contributed by atoms with Crippen LogP contribution in [-0.2, 0) is 0 Å². The number of hydrogen-bond donors (Lipinski definition) is 1. The highest BCUT2D eigenvalue weighted by molar-refractivity contribution is 6.20. The average molecular weight is 347 g/mol. The lowest BCUT2D eigenvalue weighted by Gasteiger charge is -2.14. The van der Waals surface area contributed by atoms with Crippen LogP contribution in [0.1, 0.15) is 10.4 Å². The molecule has 0 aromatic heterocycles. The second-order valence-corrected chi connectivity index (χ2v) is 6.80. The van der Waals surface area contributed by atoms with E-state index in [4.69, 9.17) is 5.73 Å². The number of benzene rings is 5. The molecule has 0 aliphatic carbocycles. The smallest absolute Gasteiger partial charge is 0.248 e. The summed E-state index contributed by atoms with van der Waals surface area (Å²) in [5, 5.41) is 7.33. The van der Waals surface area contributed by atoms with Gasteiger partial charge in [-0.3, -0.25) is 4.79 Å². The first kappa shape index (κ1) is 15.6. The molecule has 0 atom stereocenters. The quantitative estimate of drug-likeness (QED) is 0.313. The number of amides is 1. The Morgan fingerprint density at radius 3 is 2.00 bits per heavy atom. The highest BCUT2D eigenvalue weighted by Gasteiger charge is 2.12. The molecule has 5 aromatic carbocycles. The highest BCUT2D eigenvalue weighted by Crippen LogP contribution is 2.39. The molecule has 0 saturated carbocycles. The van der Waals surface area contributed by atoms with Crippen molar-refractivity contribution in [3.8, 4) is 11.1 Å². The summed E-state index contributed by atoms with van der Waals surface area (Å²) in [6.45, 7) is 0. The van der Waals surface area contributed by atoms with Crippen LogP contribution in [-0.4, -0.2) is 5.91 Å². The Morgan fingerprint density at radius 2 is 1.26 bits per heavy atom. The van der Waals surface area contributed by atoms with Gasteiger partial charge in [-0.15, -0.1) is 0 Å². The van der Waals surface area contributed by atoms with E-state index >= 15 is 0 Å². The van der Waals surface area contributed by atoms with Crippen molar-refractivity contribution in [2.45, 2.75) is 0 Å². The van der Waals surface area contributed by atoms with Gasteiger partial charge < -0.3 is 5.73 Å². The van der Waals surface area contributed by atoms with E-state index in [0.717, 1.165) is 5.56 Å². The van der Waals surface area contributed by atoms with Crippen molar-refractivity contribution >= 4 is 38.2 Å². The molecule has 0 saturated heterocycles. The summed E-state index contributed by atoms with van der Waals surface area (Å²) in [5.41, 5.74) is 8.19. The van der Waals surface area contributed by atoms with Gasteiger partial charge in [0.2, 0.25) is 5.91 Å². The van der Waals surface area contributed by atoms with E-state index in [2.05, 4.69) is 66.7 Å². The molecule has 0 aliphatic rings. The number of primary amides is 1. The molecule has 0 fully saturated rings. The fourth-order valence-corrected chi connectivity index (χ4v) is 3.93. The van der Waals surface area contributed by atoms with E-state index < -0.39 is 5.91 Å². The van der Waals surface area contributed by atoms with E-state index in [9.17, 15) is 4.79 Å². The van der Waals surface area contributed by atoms with Crippen LogP contribution in [0.4, 0.5) is 0 Å². The van der Waals surface area contributed by atoms with Crippen LogP contribution in [0.25, 0.3) is 43.4 Å². The van der Waals surface area contributed by atoms with Gasteiger partial charge in [0.05, 0.1) is 0 Å². The zero-order valence-electron chi connectivity index (χ0n) is 14.6. The molecule has 2 N–H and O–H groups in total. The lowest BCUT2D eigenvalue weighted by molar-refractivity contribution is 0.100. The predicted molar refractivity (Wildman–Crippen MR) is 113 cm³/mol. The van der Waals surface area contributed by atoms with Crippen LogP contribution in [0.2, 0.25) is 0 Å². The van der Waals surface area contributed by atoms with Crippen LogP contribution in [0, 0.1) is 0 Å². The Bertz CT molecular complexity index is 1330. The first-order valence-electron chi connectivity index (χ1n) is 8.96. The fraction of sp³-hybridized carbons (Fsp3) is 0. The van der Waals surface area contributed by atoms with Gasteiger partial charge in [0.1, 0.15) is 0 Å². The number of nitrogens with two attached hydrogens (primary N) is 1. The van der Waals surface area contributed by atoms with Gasteiger partial charge in [0.25, 0.3) is 0 Å². The number of rotatable bonds is 2. The lowest BCUT2D eigenvalue weighted by atomic mass is 9.89. The molecule has 5 aromatic rings. The zero-order chi connectivity index (χ0) is 18.4. The van der Waals surface area contributed by atoms with Crippen LogP contribution in [0.3, 0.4) is 0 Å². The summed E-state index contributed by atoms with van der Waals surface area (Å²) >= 11 is 0. The number of fused-ring (bicyclic) bond motifs is 4. The van der Waals surface area contributed by atoms with Crippen LogP contribution in [0.15, 0.2) is 91.0 Å². The van der Waals surface area contributed by atoms with Crippen LogP contribution >= 0.6 is 0 Å². The lowest BCUT2D eigenvalue weighted by Crippen LogP contribution is -2.10. The molecule has 2 nitrogen and oxygen atoms in total. The van der Waals surface area contributed by atoms with Crippen molar-refractivity contribution in [3.05, 3.63) is 96.6 Å². The van der Waals surface area contributed by atoms with Crippen molar-refractivity contribution in [1.29, 1.82) is 0 Å². The zero-order valence-corrected chi connectivity index (χ0v) is 14.6. The van der Waals surface area contributed by atoms with Crippen LogP contribution in [0.5, 0.6) is 0 Å². The number of hydrogen-bond acceptors (Lipinski definition) is 1. The second kappa shape index (κ2) is 5.96. The molecule has 1 amide bonds. The first-order valence-corrected chi connectivity index (χ1v) is 8.96. The molecular formula is C25H17NO. The summed E-state index contributed by atoms with van der Waals surface area (Å²) in [6, 6.07) is 31.1. The van der Waals surface area contributed by atoms with Gasteiger partial charge in [0.15, 0.2) is 0 Å². The molecule has 0 bridgehead atoms. The topological polar surface area (TPSA) is 43.1 Å². The summed E-state index contributed by atoms with van der Waals surface area (Å²) in [7, 11) is 0. The molecule has 0 spiro atoms. The van der Waals surface area contributed by atoms with E-state index in [-0.39, 0.29) is 0 Å². The molecule has 2 heteroatoms.